The summed E-state index contributed by atoms with van der Waals surface area (Å²) in [6.45, 7) is 0.392. The molecule has 0 aliphatic carbocycles. The molecule has 8 heteroatoms. The summed E-state index contributed by atoms with van der Waals surface area (Å²) in [7, 11) is 0. The predicted octanol–water partition coefficient (Wildman–Crippen LogP) is 4.94. The smallest absolute Gasteiger partial charge is 0.194 e. The third-order valence-corrected chi connectivity index (χ3v) is 5.76. The topological polar surface area (TPSA) is 86.7 Å². The summed E-state index contributed by atoms with van der Waals surface area (Å²) >= 11 is 12.9. The van der Waals surface area contributed by atoms with Gasteiger partial charge in [-0.3, -0.25) is 4.79 Å². The van der Waals surface area contributed by atoms with E-state index in [0.717, 1.165) is 16.5 Å². The van der Waals surface area contributed by atoms with Crippen LogP contribution in [0.25, 0.3) is 33.2 Å². The normalized spacial score (nSPS) is 11.3. The highest BCUT2D eigenvalue weighted by atomic mass is 35.5. The standard InChI is InChI=1S/C23H15Cl2N5O/c24-16-6-2-1-5-15(16)20-14(10-13-4-3-7-17(25)21(13)29-20)11-30-9-8-18(31)19-22(26)27-12-28-23(19)30/h1-10,12H,11H2,(H2,26,27,28). The number of nitrogens with two attached hydrogens (primary N) is 1. The van der Waals surface area contributed by atoms with E-state index in [2.05, 4.69) is 9.97 Å². The van der Waals surface area contributed by atoms with Gasteiger partial charge in [0.15, 0.2) is 5.43 Å². The highest BCUT2D eigenvalue weighted by molar-refractivity contribution is 6.35. The number of nitrogens with zero attached hydrogens (tertiary/aromatic N) is 4. The molecular formula is C23H15Cl2N5O. The average molecular weight is 448 g/mol. The van der Waals surface area contributed by atoms with Gasteiger partial charge in [0, 0.05) is 28.2 Å². The Hall–Kier alpha value is -3.48. The molecule has 0 bridgehead atoms. The molecule has 2 N–H and O–H groups in total. The highest BCUT2D eigenvalue weighted by Gasteiger charge is 2.16. The Morgan fingerprint density at radius 3 is 2.61 bits per heavy atom. The minimum Gasteiger partial charge on any atom is -0.383 e. The van der Waals surface area contributed by atoms with Crippen molar-refractivity contribution in [1.82, 2.24) is 19.5 Å². The van der Waals surface area contributed by atoms with Crippen LogP contribution in [0.5, 0.6) is 0 Å². The van der Waals surface area contributed by atoms with Gasteiger partial charge in [0.25, 0.3) is 0 Å². The van der Waals surface area contributed by atoms with E-state index < -0.39 is 0 Å². The molecule has 5 aromatic rings. The Kier molecular flexibility index (Phi) is 4.81. The van der Waals surface area contributed by atoms with E-state index in [1.165, 1.54) is 12.4 Å². The lowest BCUT2D eigenvalue weighted by molar-refractivity contribution is 0.810. The zero-order chi connectivity index (χ0) is 21.5. The fourth-order valence-electron chi connectivity index (χ4n) is 3.68. The molecule has 0 fully saturated rings. The van der Waals surface area contributed by atoms with E-state index in [1.54, 1.807) is 6.20 Å². The fraction of sp³-hybridized carbons (Fsp3) is 0.0435. The van der Waals surface area contributed by atoms with Crippen molar-refractivity contribution in [3.63, 3.8) is 0 Å². The van der Waals surface area contributed by atoms with Crippen LogP contribution in [0.2, 0.25) is 10.0 Å². The average Bonchev–Trinajstić information content (AvgIpc) is 2.76. The van der Waals surface area contributed by atoms with Crippen LogP contribution < -0.4 is 11.2 Å². The van der Waals surface area contributed by atoms with Crippen LogP contribution in [0.3, 0.4) is 0 Å². The van der Waals surface area contributed by atoms with Crippen LogP contribution in [-0.2, 0) is 6.54 Å². The van der Waals surface area contributed by atoms with Gasteiger partial charge in [-0.15, -0.1) is 0 Å². The number of rotatable bonds is 3. The number of fused-ring (bicyclic) bond motifs is 2. The number of hydrogen-bond donors (Lipinski definition) is 1. The molecule has 152 valence electrons. The van der Waals surface area contributed by atoms with Gasteiger partial charge < -0.3 is 10.3 Å². The van der Waals surface area contributed by atoms with Crippen molar-refractivity contribution in [2.24, 2.45) is 0 Å². The third kappa shape index (κ3) is 3.40. The largest absolute Gasteiger partial charge is 0.383 e. The summed E-state index contributed by atoms with van der Waals surface area (Å²) in [5.74, 6) is 0.152. The Balaban J connectivity index is 1.78. The van der Waals surface area contributed by atoms with Crippen molar-refractivity contribution in [2.75, 3.05) is 5.73 Å². The summed E-state index contributed by atoms with van der Waals surface area (Å²) < 4.78 is 1.85. The van der Waals surface area contributed by atoms with Gasteiger partial charge in [-0.25, -0.2) is 15.0 Å². The zero-order valence-electron chi connectivity index (χ0n) is 16.1. The molecule has 5 rings (SSSR count). The Morgan fingerprint density at radius 1 is 0.968 bits per heavy atom. The monoisotopic (exact) mass is 447 g/mol. The number of pyridine rings is 2. The molecular weight excluding hydrogens is 433 g/mol. The summed E-state index contributed by atoms with van der Waals surface area (Å²) in [5.41, 5.74) is 9.26. The molecule has 0 saturated heterocycles. The summed E-state index contributed by atoms with van der Waals surface area (Å²) in [4.78, 5) is 25.5. The van der Waals surface area contributed by atoms with Crippen molar-refractivity contribution in [3.8, 4) is 11.3 Å². The summed E-state index contributed by atoms with van der Waals surface area (Å²) in [6, 6.07) is 16.7. The van der Waals surface area contributed by atoms with Gasteiger partial charge in [0.2, 0.25) is 0 Å². The van der Waals surface area contributed by atoms with Crippen molar-refractivity contribution in [3.05, 3.63) is 93.0 Å². The molecule has 3 aromatic heterocycles. The quantitative estimate of drug-likeness (QED) is 0.422. The van der Waals surface area contributed by atoms with Crippen molar-refractivity contribution >= 4 is 51.0 Å². The van der Waals surface area contributed by atoms with Gasteiger partial charge in [0.05, 0.1) is 22.8 Å². The van der Waals surface area contributed by atoms with Gasteiger partial charge in [-0.1, -0.05) is 53.5 Å². The van der Waals surface area contributed by atoms with E-state index in [9.17, 15) is 4.79 Å². The van der Waals surface area contributed by atoms with E-state index in [1.807, 2.05) is 53.1 Å². The lowest BCUT2D eigenvalue weighted by Crippen LogP contribution is -2.13. The van der Waals surface area contributed by atoms with Crippen molar-refractivity contribution < 1.29 is 0 Å². The van der Waals surface area contributed by atoms with Crippen LogP contribution in [0.15, 0.2) is 71.9 Å². The molecule has 0 saturated carbocycles. The zero-order valence-corrected chi connectivity index (χ0v) is 17.6. The summed E-state index contributed by atoms with van der Waals surface area (Å²) in [5, 5.41) is 2.34. The number of benzene rings is 2. The first-order chi connectivity index (χ1) is 15.0. The number of halogens is 2. The Labute approximate surface area is 186 Å². The van der Waals surface area contributed by atoms with Crippen molar-refractivity contribution in [2.45, 2.75) is 6.54 Å². The van der Waals surface area contributed by atoms with Crippen LogP contribution in [0, 0.1) is 0 Å². The summed E-state index contributed by atoms with van der Waals surface area (Å²) in [6.07, 6.45) is 3.04. The maximum Gasteiger partial charge on any atom is 0.194 e. The van der Waals surface area contributed by atoms with Gasteiger partial charge in [0.1, 0.15) is 23.2 Å². The highest BCUT2D eigenvalue weighted by Crippen LogP contribution is 2.33. The van der Waals surface area contributed by atoms with Gasteiger partial charge >= 0.3 is 0 Å². The molecule has 0 amide bonds. The minimum absolute atomic E-state index is 0.152. The number of para-hydroxylation sites is 1. The van der Waals surface area contributed by atoms with Crippen LogP contribution in [-0.4, -0.2) is 19.5 Å². The minimum atomic E-state index is -0.223. The molecule has 31 heavy (non-hydrogen) atoms. The SMILES string of the molecule is Nc1ncnc2c1c(=O)ccn2Cc1cc2cccc(Cl)c2nc1-c1ccccc1Cl. The molecule has 0 aliphatic heterocycles. The first-order valence-corrected chi connectivity index (χ1v) is 10.2. The first kappa shape index (κ1) is 19.5. The van der Waals surface area contributed by atoms with Crippen LogP contribution in [0.1, 0.15) is 5.56 Å². The molecule has 3 heterocycles. The second kappa shape index (κ2) is 7.65. The Morgan fingerprint density at radius 2 is 1.77 bits per heavy atom. The molecule has 6 nitrogen and oxygen atoms in total. The third-order valence-electron chi connectivity index (χ3n) is 5.13. The van der Waals surface area contributed by atoms with Gasteiger partial charge in [-0.2, -0.15) is 0 Å². The fourth-order valence-corrected chi connectivity index (χ4v) is 4.13. The molecule has 0 spiro atoms. The van der Waals surface area contributed by atoms with E-state index >= 15 is 0 Å². The number of hydrogen-bond acceptors (Lipinski definition) is 5. The van der Waals surface area contributed by atoms with E-state index in [-0.39, 0.29) is 11.2 Å². The molecule has 0 aliphatic rings. The molecule has 0 radical (unpaired) electrons. The van der Waals surface area contributed by atoms with Crippen LogP contribution >= 0.6 is 23.2 Å². The van der Waals surface area contributed by atoms with Gasteiger partial charge in [-0.05, 0) is 23.8 Å². The van der Waals surface area contributed by atoms with Crippen molar-refractivity contribution in [1.29, 1.82) is 0 Å². The lowest BCUT2D eigenvalue weighted by Gasteiger charge is -2.16. The molecule has 0 unspecified atom stereocenters. The van der Waals surface area contributed by atoms with E-state index in [0.29, 0.717) is 38.8 Å². The maximum absolute atomic E-state index is 12.3. The second-order valence-electron chi connectivity index (χ2n) is 7.05. The first-order valence-electron chi connectivity index (χ1n) is 9.45. The van der Waals surface area contributed by atoms with E-state index in [4.69, 9.17) is 33.9 Å². The predicted molar refractivity (Wildman–Crippen MR) is 125 cm³/mol. The number of anilines is 1. The van der Waals surface area contributed by atoms with Crippen LogP contribution in [0.4, 0.5) is 5.82 Å². The Bertz CT molecular complexity index is 1530. The number of aromatic nitrogens is 4. The molecule has 2 aromatic carbocycles. The second-order valence-corrected chi connectivity index (χ2v) is 7.87. The molecule has 0 atom stereocenters. The maximum atomic E-state index is 12.3. The number of nitrogen functional groups attached to an aromatic ring is 1. The lowest BCUT2D eigenvalue weighted by atomic mass is 10.0.